The fraction of sp³-hybridized carbons (Fsp3) is 0.682. The second kappa shape index (κ2) is 9.29. The van der Waals surface area contributed by atoms with Crippen molar-refractivity contribution in [1.29, 1.82) is 0 Å². The molecule has 0 unspecified atom stereocenters. The molecule has 4 nitrogen and oxygen atoms in total. The Morgan fingerprint density at radius 1 is 1.19 bits per heavy atom. The molecule has 2 rings (SSSR count). The Balaban J connectivity index is 2.38. The lowest BCUT2D eigenvalue weighted by molar-refractivity contribution is -0.140. The van der Waals surface area contributed by atoms with E-state index in [9.17, 15) is 4.79 Å². The molecule has 0 N–H and O–H groups in total. The number of hydrogen-bond donors (Lipinski definition) is 0. The Bertz CT molecular complexity index is 612. The van der Waals surface area contributed by atoms with Gasteiger partial charge in [0.25, 0.3) is 0 Å². The van der Waals surface area contributed by atoms with Gasteiger partial charge < -0.3 is 14.4 Å². The molecule has 0 aliphatic carbocycles. The number of unbranched alkanes of at least 4 members (excludes halogenated alkanes) is 1. The van der Waals surface area contributed by atoms with E-state index in [0.717, 1.165) is 50.1 Å². The van der Waals surface area contributed by atoms with Crippen molar-refractivity contribution < 1.29 is 14.3 Å². The zero-order chi connectivity index (χ0) is 19.3. The van der Waals surface area contributed by atoms with E-state index < -0.39 is 0 Å². The zero-order valence-corrected chi connectivity index (χ0v) is 17.3. The zero-order valence-electron chi connectivity index (χ0n) is 17.3. The normalized spacial score (nSPS) is 17.8. The maximum atomic E-state index is 13.3. The number of nitrogens with zero attached hydrogens (tertiary/aromatic N) is 1. The van der Waals surface area contributed by atoms with E-state index in [2.05, 4.69) is 44.7 Å². The van der Waals surface area contributed by atoms with Crippen molar-refractivity contribution in [3.05, 3.63) is 23.3 Å². The highest BCUT2D eigenvalue weighted by molar-refractivity contribution is 5.80. The lowest BCUT2D eigenvalue weighted by Crippen LogP contribution is -2.45. The monoisotopic (exact) mass is 361 g/mol. The molecule has 4 heteroatoms. The van der Waals surface area contributed by atoms with Crippen LogP contribution in [0.4, 0.5) is 0 Å². The summed E-state index contributed by atoms with van der Waals surface area (Å²) in [6.07, 6.45) is 5.03. The maximum absolute atomic E-state index is 13.3. The van der Waals surface area contributed by atoms with Crippen LogP contribution in [0.25, 0.3) is 0 Å². The number of amides is 1. The summed E-state index contributed by atoms with van der Waals surface area (Å²) in [5.74, 6) is 2.31. The lowest BCUT2D eigenvalue weighted by Gasteiger charge is -2.41. The van der Waals surface area contributed by atoms with Gasteiger partial charge in [0.1, 0.15) is 0 Å². The summed E-state index contributed by atoms with van der Waals surface area (Å²) in [5.41, 5.74) is 2.48. The minimum Gasteiger partial charge on any atom is -0.493 e. The smallest absolute Gasteiger partial charge is 0.226 e. The van der Waals surface area contributed by atoms with Crippen LogP contribution in [0.5, 0.6) is 11.5 Å². The van der Waals surface area contributed by atoms with Gasteiger partial charge in [0.15, 0.2) is 11.5 Å². The minimum atomic E-state index is 0.0988. The molecule has 0 aromatic heterocycles. The first-order chi connectivity index (χ1) is 12.5. The van der Waals surface area contributed by atoms with Gasteiger partial charge in [-0.15, -0.1) is 0 Å². The average Bonchev–Trinajstić information content (AvgIpc) is 2.65. The number of carbonyl (C=O) groups is 1. The summed E-state index contributed by atoms with van der Waals surface area (Å²) in [6.45, 7) is 9.50. The van der Waals surface area contributed by atoms with Crippen molar-refractivity contribution in [3.8, 4) is 11.5 Å². The van der Waals surface area contributed by atoms with Crippen LogP contribution in [-0.2, 0) is 11.2 Å². The van der Waals surface area contributed by atoms with Gasteiger partial charge in [0.05, 0.1) is 20.3 Å². The quantitative estimate of drug-likeness (QED) is 0.654. The second-order valence-corrected chi connectivity index (χ2v) is 7.62. The van der Waals surface area contributed by atoms with E-state index in [4.69, 9.17) is 9.47 Å². The van der Waals surface area contributed by atoms with Crippen molar-refractivity contribution in [1.82, 2.24) is 4.90 Å². The summed E-state index contributed by atoms with van der Waals surface area (Å²) >= 11 is 0. The Morgan fingerprint density at radius 3 is 2.38 bits per heavy atom. The highest BCUT2D eigenvalue weighted by atomic mass is 16.5. The molecule has 1 aromatic carbocycles. The molecule has 26 heavy (non-hydrogen) atoms. The van der Waals surface area contributed by atoms with Gasteiger partial charge in [0.2, 0.25) is 5.91 Å². The second-order valence-electron chi connectivity index (χ2n) is 7.62. The molecule has 0 saturated carbocycles. The van der Waals surface area contributed by atoms with Crippen LogP contribution in [-0.4, -0.2) is 31.6 Å². The fourth-order valence-corrected chi connectivity index (χ4v) is 4.13. The first kappa shape index (κ1) is 20.6. The van der Waals surface area contributed by atoms with Gasteiger partial charge in [-0.2, -0.15) is 0 Å². The first-order valence-corrected chi connectivity index (χ1v) is 10.0. The molecule has 1 aliphatic heterocycles. The topological polar surface area (TPSA) is 38.8 Å². The van der Waals surface area contributed by atoms with Crippen LogP contribution < -0.4 is 9.47 Å². The van der Waals surface area contributed by atoms with Gasteiger partial charge in [-0.25, -0.2) is 0 Å². The molecule has 0 fully saturated rings. The van der Waals surface area contributed by atoms with Crippen LogP contribution in [0.15, 0.2) is 12.1 Å². The summed E-state index contributed by atoms with van der Waals surface area (Å²) in [7, 11) is 3.33. The molecular weight excluding hydrogens is 326 g/mol. The number of carbonyl (C=O) groups excluding carboxylic acids is 1. The lowest BCUT2D eigenvalue weighted by atomic mass is 9.84. The molecule has 2 atom stereocenters. The van der Waals surface area contributed by atoms with Gasteiger partial charge >= 0.3 is 0 Å². The molecule has 1 aromatic rings. The van der Waals surface area contributed by atoms with Crippen LogP contribution >= 0.6 is 0 Å². The van der Waals surface area contributed by atoms with Gasteiger partial charge in [-0.1, -0.05) is 40.5 Å². The standard InChI is InChI=1S/C22H35NO3/c1-7-9-10-16(8-2)22(24)23-12-11-17-13-19(25-5)20(26-6)14-18(17)21(23)15(3)4/h13-16,21H,7-12H2,1-6H3/t16-,21-/m1/s1. The Hall–Kier alpha value is -1.71. The van der Waals surface area contributed by atoms with Gasteiger partial charge in [-0.05, 0) is 48.4 Å². The summed E-state index contributed by atoms with van der Waals surface area (Å²) in [5, 5.41) is 0. The number of ether oxygens (including phenoxy) is 2. The Labute approximate surface area is 158 Å². The average molecular weight is 362 g/mol. The molecule has 1 aliphatic rings. The number of rotatable bonds is 8. The summed E-state index contributed by atoms with van der Waals surface area (Å²) in [4.78, 5) is 15.4. The van der Waals surface area contributed by atoms with E-state index in [1.807, 2.05) is 0 Å². The first-order valence-electron chi connectivity index (χ1n) is 10.0. The molecular formula is C22H35NO3. The van der Waals surface area contributed by atoms with Crippen LogP contribution in [0, 0.1) is 11.8 Å². The van der Waals surface area contributed by atoms with Crippen LogP contribution in [0.3, 0.4) is 0 Å². The van der Waals surface area contributed by atoms with Crippen molar-refractivity contribution in [2.24, 2.45) is 11.8 Å². The number of methoxy groups -OCH3 is 2. The van der Waals surface area contributed by atoms with Crippen molar-refractivity contribution >= 4 is 5.91 Å². The number of hydrogen-bond acceptors (Lipinski definition) is 3. The predicted octanol–water partition coefficient (Wildman–Crippen LogP) is 5.00. The largest absolute Gasteiger partial charge is 0.493 e. The highest BCUT2D eigenvalue weighted by Gasteiger charge is 2.36. The number of fused-ring (bicyclic) bond motifs is 1. The van der Waals surface area contributed by atoms with Crippen LogP contribution in [0.2, 0.25) is 0 Å². The SMILES string of the molecule is CCCC[C@@H](CC)C(=O)N1CCc2cc(OC)c(OC)cc2[C@H]1C(C)C. The van der Waals surface area contributed by atoms with E-state index in [1.165, 1.54) is 11.1 Å². The molecule has 0 spiro atoms. The molecule has 0 bridgehead atoms. The third kappa shape index (κ3) is 4.16. The molecule has 0 radical (unpaired) electrons. The predicted molar refractivity (Wildman–Crippen MR) is 106 cm³/mol. The Kier molecular flexibility index (Phi) is 7.36. The molecule has 1 heterocycles. The van der Waals surface area contributed by atoms with Gasteiger partial charge in [-0.3, -0.25) is 4.79 Å². The summed E-state index contributed by atoms with van der Waals surface area (Å²) in [6, 6.07) is 4.26. The summed E-state index contributed by atoms with van der Waals surface area (Å²) < 4.78 is 11.0. The molecule has 146 valence electrons. The van der Waals surface area contributed by atoms with Crippen LogP contribution in [0.1, 0.15) is 70.5 Å². The van der Waals surface area contributed by atoms with E-state index >= 15 is 0 Å². The third-order valence-corrected chi connectivity index (χ3v) is 5.58. The third-order valence-electron chi connectivity index (χ3n) is 5.58. The Morgan fingerprint density at radius 2 is 1.85 bits per heavy atom. The fourth-order valence-electron chi connectivity index (χ4n) is 4.13. The molecule has 0 saturated heterocycles. The number of benzene rings is 1. The van der Waals surface area contributed by atoms with E-state index in [0.29, 0.717) is 11.8 Å². The minimum absolute atomic E-state index is 0.0988. The van der Waals surface area contributed by atoms with Crippen molar-refractivity contribution in [3.63, 3.8) is 0 Å². The van der Waals surface area contributed by atoms with E-state index in [1.54, 1.807) is 14.2 Å². The van der Waals surface area contributed by atoms with E-state index in [-0.39, 0.29) is 12.0 Å². The van der Waals surface area contributed by atoms with Gasteiger partial charge in [0, 0.05) is 12.5 Å². The molecule has 1 amide bonds. The maximum Gasteiger partial charge on any atom is 0.226 e. The van der Waals surface area contributed by atoms with Crippen molar-refractivity contribution in [2.75, 3.05) is 20.8 Å². The highest BCUT2D eigenvalue weighted by Crippen LogP contribution is 2.41. The van der Waals surface area contributed by atoms with Crippen molar-refractivity contribution in [2.45, 2.75) is 65.8 Å².